The Morgan fingerprint density at radius 1 is 0.931 bits per heavy atom. The van der Waals surface area contributed by atoms with Gasteiger partial charge in [0, 0.05) is 31.5 Å². The minimum absolute atomic E-state index is 0.177. The summed E-state index contributed by atoms with van der Waals surface area (Å²) in [5.41, 5.74) is 0.354. The van der Waals surface area contributed by atoms with Crippen LogP contribution in [0.2, 0.25) is 0 Å². The quantitative estimate of drug-likeness (QED) is 0.677. The normalized spacial score (nSPS) is 33.6. The highest BCUT2D eigenvalue weighted by molar-refractivity contribution is 5.79. The van der Waals surface area contributed by atoms with Gasteiger partial charge in [0.15, 0.2) is 0 Å². The number of carbonyl (C=O) groups is 2. The first-order valence-electron chi connectivity index (χ1n) is 12.4. The first kappa shape index (κ1) is 20.9. The van der Waals surface area contributed by atoms with Crippen LogP contribution in [0.4, 0.5) is 0 Å². The molecule has 2 amide bonds. The Balaban J connectivity index is 1.21. The summed E-state index contributed by atoms with van der Waals surface area (Å²) in [5.74, 6) is 1.42. The molecule has 1 aliphatic heterocycles. The van der Waals surface area contributed by atoms with Crippen molar-refractivity contribution < 1.29 is 9.59 Å². The Bertz CT molecular complexity index is 602. The molecule has 4 nitrogen and oxygen atoms in total. The summed E-state index contributed by atoms with van der Waals surface area (Å²) in [5, 5.41) is 3.28. The van der Waals surface area contributed by atoms with Gasteiger partial charge in [-0.1, -0.05) is 31.4 Å². The Morgan fingerprint density at radius 2 is 1.72 bits per heavy atom. The fourth-order valence-electron chi connectivity index (χ4n) is 6.39. The summed E-state index contributed by atoms with van der Waals surface area (Å²) in [6, 6.07) is 0.284. The Kier molecular flexibility index (Phi) is 6.97. The molecule has 162 valence electrons. The van der Waals surface area contributed by atoms with E-state index >= 15 is 0 Å². The van der Waals surface area contributed by atoms with Gasteiger partial charge >= 0.3 is 0 Å². The van der Waals surface area contributed by atoms with E-state index in [-0.39, 0.29) is 17.9 Å². The summed E-state index contributed by atoms with van der Waals surface area (Å²) >= 11 is 0. The molecule has 1 heterocycles. The number of hydrogen-bond acceptors (Lipinski definition) is 2. The average Bonchev–Trinajstić information content (AvgIpc) is 2.75. The molecule has 3 fully saturated rings. The number of rotatable bonds is 4. The van der Waals surface area contributed by atoms with Crippen LogP contribution in [0.25, 0.3) is 0 Å². The Morgan fingerprint density at radius 3 is 2.45 bits per heavy atom. The van der Waals surface area contributed by atoms with Crippen LogP contribution >= 0.6 is 0 Å². The van der Waals surface area contributed by atoms with E-state index in [1.807, 2.05) is 0 Å². The van der Waals surface area contributed by atoms with Crippen molar-refractivity contribution in [1.82, 2.24) is 10.2 Å². The maximum atomic E-state index is 13.2. The highest BCUT2D eigenvalue weighted by Crippen LogP contribution is 2.41. The second-order valence-electron chi connectivity index (χ2n) is 10.4. The lowest BCUT2D eigenvalue weighted by molar-refractivity contribution is -0.140. The fourth-order valence-corrected chi connectivity index (χ4v) is 6.39. The predicted octanol–water partition coefficient (Wildman–Crippen LogP) is 4.98. The highest BCUT2D eigenvalue weighted by Gasteiger charge is 2.39. The Hall–Kier alpha value is -1.32. The topological polar surface area (TPSA) is 49.4 Å². The number of hydrogen-bond donors (Lipinski definition) is 1. The van der Waals surface area contributed by atoms with Crippen LogP contribution in [0.3, 0.4) is 0 Å². The first-order valence-corrected chi connectivity index (χ1v) is 12.4. The van der Waals surface area contributed by atoms with Gasteiger partial charge < -0.3 is 10.2 Å². The first-order chi connectivity index (χ1) is 14.1. The van der Waals surface area contributed by atoms with Crippen LogP contribution in [-0.2, 0) is 9.59 Å². The van der Waals surface area contributed by atoms with Crippen LogP contribution in [0.1, 0.15) is 96.3 Å². The maximum absolute atomic E-state index is 13.2. The van der Waals surface area contributed by atoms with Crippen molar-refractivity contribution >= 4 is 11.8 Å². The molecule has 2 saturated carbocycles. The van der Waals surface area contributed by atoms with E-state index in [9.17, 15) is 9.59 Å². The molecule has 1 saturated heterocycles. The zero-order chi connectivity index (χ0) is 20.1. The van der Waals surface area contributed by atoms with Crippen molar-refractivity contribution in [2.75, 3.05) is 13.1 Å². The van der Waals surface area contributed by atoms with E-state index in [0.29, 0.717) is 23.7 Å². The second-order valence-corrected chi connectivity index (χ2v) is 10.4. The lowest BCUT2D eigenvalue weighted by Gasteiger charge is -2.45. The van der Waals surface area contributed by atoms with Gasteiger partial charge in [0.25, 0.3) is 0 Å². The summed E-state index contributed by atoms with van der Waals surface area (Å²) in [6.45, 7) is 1.91. The van der Waals surface area contributed by atoms with Gasteiger partial charge in [-0.15, -0.1) is 0 Å². The van der Waals surface area contributed by atoms with Gasteiger partial charge in [-0.05, 0) is 82.0 Å². The lowest BCUT2D eigenvalue weighted by Crippen LogP contribution is -2.49. The highest BCUT2D eigenvalue weighted by atomic mass is 16.2. The predicted molar refractivity (Wildman–Crippen MR) is 116 cm³/mol. The standard InChI is InChI=1S/C25H40N2O2/c28-23(18-20-8-3-1-4-9-20)26-22-12-10-21(11-13-22)24(29)27-17-7-16-25(19-27)14-5-2-6-15-25/h2,5,20-22H,1,3-4,6-19H2,(H,26,28)/t21?,22?,25-/m1/s1. The lowest BCUT2D eigenvalue weighted by atomic mass is 9.71. The SMILES string of the molecule is O=C(CC1CCCCC1)NC1CCC(C(=O)N2CCC[C@]3(CC=CCC3)C2)CC1. The van der Waals surface area contributed by atoms with Gasteiger partial charge in [-0.3, -0.25) is 9.59 Å². The summed E-state index contributed by atoms with van der Waals surface area (Å²) < 4.78 is 0. The number of carbonyl (C=O) groups excluding carboxylic acids is 2. The molecule has 0 unspecified atom stereocenters. The van der Waals surface area contributed by atoms with Crippen LogP contribution in [0.15, 0.2) is 12.2 Å². The van der Waals surface area contributed by atoms with Crippen molar-refractivity contribution in [2.45, 2.75) is 102 Å². The molecular formula is C25H40N2O2. The summed E-state index contributed by atoms with van der Waals surface area (Å²) in [4.78, 5) is 27.8. The molecule has 0 aromatic rings. The number of nitrogens with one attached hydrogen (secondary N) is 1. The van der Waals surface area contributed by atoms with Gasteiger partial charge in [0.1, 0.15) is 0 Å². The third-order valence-electron chi connectivity index (χ3n) is 8.17. The molecular weight excluding hydrogens is 360 g/mol. The molecule has 1 spiro atoms. The van der Waals surface area contributed by atoms with Crippen LogP contribution in [-0.4, -0.2) is 35.8 Å². The fraction of sp³-hybridized carbons (Fsp3) is 0.840. The monoisotopic (exact) mass is 400 g/mol. The molecule has 4 heteroatoms. The van der Waals surface area contributed by atoms with Gasteiger partial charge in [0.05, 0.1) is 0 Å². The number of amides is 2. The minimum atomic E-state index is 0.177. The van der Waals surface area contributed by atoms with Gasteiger partial charge in [-0.25, -0.2) is 0 Å². The molecule has 0 radical (unpaired) electrons. The number of likely N-dealkylation sites (tertiary alicyclic amines) is 1. The van der Waals surface area contributed by atoms with Crippen molar-refractivity contribution in [1.29, 1.82) is 0 Å². The zero-order valence-electron chi connectivity index (χ0n) is 18.2. The maximum Gasteiger partial charge on any atom is 0.225 e. The van der Waals surface area contributed by atoms with E-state index in [1.54, 1.807) is 0 Å². The number of allylic oxidation sites excluding steroid dienone is 2. The molecule has 3 aliphatic carbocycles. The second kappa shape index (κ2) is 9.66. The van der Waals surface area contributed by atoms with Crippen molar-refractivity contribution in [2.24, 2.45) is 17.3 Å². The van der Waals surface area contributed by atoms with Crippen molar-refractivity contribution in [3.05, 3.63) is 12.2 Å². The van der Waals surface area contributed by atoms with Gasteiger partial charge in [-0.2, -0.15) is 0 Å². The number of piperidine rings is 1. The Labute approximate surface area is 176 Å². The molecule has 0 bridgehead atoms. The molecule has 4 rings (SSSR count). The third-order valence-corrected chi connectivity index (χ3v) is 8.17. The smallest absolute Gasteiger partial charge is 0.225 e. The molecule has 0 aromatic heterocycles. The van der Waals surface area contributed by atoms with Gasteiger partial charge in [0.2, 0.25) is 11.8 Å². The molecule has 1 atom stereocenters. The van der Waals surface area contributed by atoms with E-state index in [2.05, 4.69) is 22.4 Å². The molecule has 0 aromatic carbocycles. The van der Waals surface area contributed by atoms with Crippen molar-refractivity contribution in [3.8, 4) is 0 Å². The zero-order valence-corrected chi connectivity index (χ0v) is 18.2. The summed E-state index contributed by atoms with van der Waals surface area (Å²) in [7, 11) is 0. The van der Waals surface area contributed by atoms with Crippen LogP contribution in [0.5, 0.6) is 0 Å². The van der Waals surface area contributed by atoms with E-state index in [1.165, 1.54) is 51.4 Å². The largest absolute Gasteiger partial charge is 0.353 e. The van der Waals surface area contributed by atoms with Crippen LogP contribution in [0, 0.1) is 17.3 Å². The molecule has 4 aliphatic rings. The van der Waals surface area contributed by atoms with Crippen molar-refractivity contribution in [3.63, 3.8) is 0 Å². The third kappa shape index (κ3) is 5.44. The van der Waals surface area contributed by atoms with E-state index < -0.39 is 0 Å². The molecule has 1 N–H and O–H groups in total. The number of nitrogens with zero attached hydrogens (tertiary/aromatic N) is 1. The van der Waals surface area contributed by atoms with E-state index in [0.717, 1.165) is 51.6 Å². The molecule has 29 heavy (non-hydrogen) atoms. The summed E-state index contributed by atoms with van der Waals surface area (Å²) in [6.07, 6.45) is 21.5. The van der Waals surface area contributed by atoms with Crippen LogP contribution < -0.4 is 5.32 Å². The minimum Gasteiger partial charge on any atom is -0.353 e. The average molecular weight is 401 g/mol. The van der Waals surface area contributed by atoms with E-state index in [4.69, 9.17) is 0 Å².